The van der Waals surface area contributed by atoms with Gasteiger partial charge in [0.2, 0.25) is 10.0 Å². The van der Waals surface area contributed by atoms with Crippen molar-refractivity contribution in [2.75, 3.05) is 0 Å². The van der Waals surface area contributed by atoms with Crippen LogP contribution < -0.4 is 4.72 Å². The third-order valence-electron chi connectivity index (χ3n) is 3.02. The van der Waals surface area contributed by atoms with Gasteiger partial charge in [0.05, 0.1) is 5.25 Å². The molecular weight excluding hydrogens is 290 g/mol. The van der Waals surface area contributed by atoms with Crippen molar-refractivity contribution in [3.8, 4) is 0 Å². The zero-order valence-corrected chi connectivity index (χ0v) is 13.3. The molecule has 0 unspecified atom stereocenters. The van der Waals surface area contributed by atoms with Crippen LogP contribution in [0.25, 0.3) is 0 Å². The second kappa shape index (κ2) is 5.77. The molecule has 1 aliphatic rings. The summed E-state index contributed by atoms with van der Waals surface area (Å²) in [5.41, 5.74) is -0.0919. The number of nitrogens with one attached hydrogen (secondary N) is 1. The largest absolute Gasteiger partial charge is 0.459 e. The van der Waals surface area contributed by atoms with E-state index < -0.39 is 27.6 Å². The molecule has 0 aromatic heterocycles. The van der Waals surface area contributed by atoms with E-state index in [1.54, 1.807) is 45.0 Å². The lowest BCUT2D eigenvalue weighted by atomic mass is 10.1. The number of benzene rings is 1. The molecule has 21 heavy (non-hydrogen) atoms. The minimum absolute atomic E-state index is 0.383. The van der Waals surface area contributed by atoms with E-state index in [9.17, 15) is 13.2 Å². The molecule has 1 N–H and O–H groups in total. The SMILES string of the molecule is CC(C)(C)OC(=O)[C@@H](NS(=O)(=O)C1CC1)c1ccccc1. The average Bonchev–Trinajstić information content (AvgIpc) is 3.19. The fraction of sp³-hybridized carbons (Fsp3) is 0.533. The highest BCUT2D eigenvalue weighted by Crippen LogP contribution is 2.30. The first-order chi connectivity index (χ1) is 9.69. The Labute approximate surface area is 125 Å². The Kier molecular flexibility index (Phi) is 4.39. The van der Waals surface area contributed by atoms with Crippen molar-refractivity contribution in [1.29, 1.82) is 0 Å². The lowest BCUT2D eigenvalue weighted by molar-refractivity contribution is -0.157. The molecule has 6 heteroatoms. The smallest absolute Gasteiger partial charge is 0.329 e. The van der Waals surface area contributed by atoms with E-state index in [-0.39, 0.29) is 5.25 Å². The van der Waals surface area contributed by atoms with Crippen LogP contribution in [-0.2, 0) is 19.6 Å². The summed E-state index contributed by atoms with van der Waals surface area (Å²) in [5.74, 6) is -0.585. The third-order valence-corrected chi connectivity index (χ3v) is 4.93. The van der Waals surface area contributed by atoms with Gasteiger partial charge in [-0.2, -0.15) is 4.72 Å². The summed E-state index contributed by atoms with van der Waals surface area (Å²) in [6.07, 6.45) is 1.29. The highest BCUT2D eigenvalue weighted by atomic mass is 32.2. The van der Waals surface area contributed by atoms with E-state index in [1.165, 1.54) is 0 Å². The van der Waals surface area contributed by atoms with Gasteiger partial charge < -0.3 is 4.74 Å². The summed E-state index contributed by atoms with van der Waals surface area (Å²) in [5, 5.41) is -0.383. The first-order valence-corrected chi connectivity index (χ1v) is 8.53. The molecule has 5 nitrogen and oxygen atoms in total. The van der Waals surface area contributed by atoms with Crippen molar-refractivity contribution in [1.82, 2.24) is 4.72 Å². The molecule has 2 rings (SSSR count). The molecule has 1 aliphatic carbocycles. The van der Waals surface area contributed by atoms with Gasteiger partial charge in [-0.3, -0.25) is 0 Å². The van der Waals surface area contributed by atoms with E-state index in [4.69, 9.17) is 4.74 Å². The number of hydrogen-bond donors (Lipinski definition) is 1. The van der Waals surface area contributed by atoms with E-state index in [0.717, 1.165) is 0 Å². The Morgan fingerprint density at radius 3 is 2.29 bits per heavy atom. The van der Waals surface area contributed by atoms with Crippen LogP contribution in [0.5, 0.6) is 0 Å². The predicted octanol–water partition coefficient (Wildman–Crippen LogP) is 2.15. The van der Waals surface area contributed by atoms with Crippen molar-refractivity contribution in [3.63, 3.8) is 0 Å². The summed E-state index contributed by atoms with van der Waals surface area (Å²) in [6, 6.07) is 7.76. The van der Waals surface area contributed by atoms with Crippen LogP contribution in [0.4, 0.5) is 0 Å². The first-order valence-electron chi connectivity index (χ1n) is 6.98. The summed E-state index contributed by atoms with van der Waals surface area (Å²) >= 11 is 0. The number of hydrogen-bond acceptors (Lipinski definition) is 4. The minimum atomic E-state index is -3.49. The second-order valence-electron chi connectivity index (χ2n) is 6.24. The molecule has 116 valence electrons. The Balaban J connectivity index is 2.24. The number of carbonyl (C=O) groups is 1. The molecule has 0 radical (unpaired) electrons. The van der Waals surface area contributed by atoms with Crippen LogP contribution in [0.3, 0.4) is 0 Å². The summed E-state index contributed by atoms with van der Waals surface area (Å²) < 4.78 is 32.1. The average molecular weight is 311 g/mol. The molecule has 0 heterocycles. The van der Waals surface area contributed by atoms with Gasteiger partial charge in [-0.15, -0.1) is 0 Å². The minimum Gasteiger partial charge on any atom is -0.459 e. The molecule has 1 aromatic carbocycles. The topological polar surface area (TPSA) is 72.5 Å². The molecular formula is C15H21NO4S. The second-order valence-corrected chi connectivity index (χ2v) is 8.23. The molecule has 0 bridgehead atoms. The maximum atomic E-state index is 12.3. The van der Waals surface area contributed by atoms with Crippen LogP contribution in [-0.4, -0.2) is 25.2 Å². The van der Waals surface area contributed by atoms with Gasteiger partial charge in [0, 0.05) is 0 Å². The zero-order chi connectivity index (χ0) is 15.7. The molecule has 1 fully saturated rings. The molecule has 0 aliphatic heterocycles. The van der Waals surface area contributed by atoms with Gasteiger partial charge in [0.15, 0.2) is 0 Å². The van der Waals surface area contributed by atoms with Gasteiger partial charge in [0.25, 0.3) is 0 Å². The number of sulfonamides is 1. The van der Waals surface area contributed by atoms with Crippen molar-refractivity contribution < 1.29 is 17.9 Å². The van der Waals surface area contributed by atoms with E-state index in [2.05, 4.69) is 4.72 Å². The highest BCUT2D eigenvalue weighted by molar-refractivity contribution is 7.90. The van der Waals surface area contributed by atoms with Crippen molar-refractivity contribution in [2.45, 2.75) is 50.5 Å². The molecule has 1 atom stereocenters. The summed E-state index contributed by atoms with van der Waals surface area (Å²) in [6.45, 7) is 5.26. The zero-order valence-electron chi connectivity index (χ0n) is 12.5. The molecule has 0 amide bonds. The number of carbonyl (C=O) groups excluding carboxylic acids is 1. The lowest BCUT2D eigenvalue weighted by Crippen LogP contribution is -2.39. The lowest BCUT2D eigenvalue weighted by Gasteiger charge is -2.24. The highest BCUT2D eigenvalue weighted by Gasteiger charge is 2.39. The molecule has 0 saturated heterocycles. The maximum absolute atomic E-state index is 12.3. The fourth-order valence-corrected chi connectivity index (χ4v) is 3.41. The van der Waals surface area contributed by atoms with E-state index in [1.807, 2.05) is 6.07 Å². The van der Waals surface area contributed by atoms with Crippen molar-refractivity contribution in [3.05, 3.63) is 35.9 Å². The van der Waals surface area contributed by atoms with Crippen molar-refractivity contribution in [2.24, 2.45) is 0 Å². The van der Waals surface area contributed by atoms with Gasteiger partial charge in [0.1, 0.15) is 11.6 Å². The van der Waals surface area contributed by atoms with Gasteiger partial charge in [-0.05, 0) is 39.2 Å². The maximum Gasteiger partial charge on any atom is 0.329 e. The monoisotopic (exact) mass is 311 g/mol. The number of rotatable bonds is 5. The fourth-order valence-electron chi connectivity index (χ4n) is 1.90. The third kappa shape index (κ3) is 4.54. The quantitative estimate of drug-likeness (QED) is 0.846. The van der Waals surface area contributed by atoms with Crippen LogP contribution in [0.15, 0.2) is 30.3 Å². The van der Waals surface area contributed by atoms with Crippen LogP contribution in [0.2, 0.25) is 0 Å². The first kappa shape index (κ1) is 16.0. The van der Waals surface area contributed by atoms with Crippen molar-refractivity contribution >= 4 is 16.0 Å². The summed E-state index contributed by atoms with van der Waals surface area (Å²) in [4.78, 5) is 12.3. The van der Waals surface area contributed by atoms with Gasteiger partial charge in [-0.25, -0.2) is 13.2 Å². The predicted molar refractivity (Wildman–Crippen MR) is 80.1 cm³/mol. The molecule has 1 saturated carbocycles. The van der Waals surface area contributed by atoms with Gasteiger partial charge >= 0.3 is 5.97 Å². The Bertz CT molecular complexity index is 600. The Morgan fingerprint density at radius 1 is 1.24 bits per heavy atom. The van der Waals surface area contributed by atoms with Crippen LogP contribution in [0.1, 0.15) is 45.2 Å². The Morgan fingerprint density at radius 2 is 1.81 bits per heavy atom. The molecule has 0 spiro atoms. The number of esters is 1. The molecule has 1 aromatic rings. The standard InChI is InChI=1S/C15H21NO4S/c1-15(2,3)20-14(17)13(11-7-5-4-6-8-11)16-21(18,19)12-9-10-12/h4-8,12-13,16H,9-10H2,1-3H3/t13-/m0/s1. The van der Waals surface area contributed by atoms with Crippen LogP contribution in [0, 0.1) is 0 Å². The normalized spacial score (nSPS) is 17.3. The van der Waals surface area contributed by atoms with Gasteiger partial charge in [-0.1, -0.05) is 30.3 Å². The van der Waals surface area contributed by atoms with Crippen LogP contribution >= 0.6 is 0 Å². The number of ether oxygens (including phenoxy) is 1. The summed E-state index contributed by atoms with van der Waals surface area (Å²) in [7, 11) is -3.49. The Hall–Kier alpha value is -1.40. The van der Waals surface area contributed by atoms with E-state index >= 15 is 0 Å². The van der Waals surface area contributed by atoms with E-state index in [0.29, 0.717) is 18.4 Å².